The molecule has 1 heterocycles. The van der Waals surface area contributed by atoms with Crippen LogP contribution in [0.5, 0.6) is 5.75 Å². The van der Waals surface area contributed by atoms with Gasteiger partial charge in [-0.3, -0.25) is 0 Å². The van der Waals surface area contributed by atoms with Crippen molar-refractivity contribution in [3.05, 3.63) is 70.0 Å². The largest absolute Gasteiger partial charge is 0.494 e. The SMILES string of the molecule is CCCOc1ccc(/C=N/n2c(C)nnc2SCc2ccc(Br)cc2)cc1. The predicted molar refractivity (Wildman–Crippen MR) is 114 cm³/mol. The number of ether oxygens (including phenoxy) is 1. The highest BCUT2D eigenvalue weighted by atomic mass is 79.9. The Morgan fingerprint density at radius 3 is 2.56 bits per heavy atom. The van der Waals surface area contributed by atoms with Crippen molar-refractivity contribution >= 4 is 33.9 Å². The van der Waals surface area contributed by atoms with E-state index in [-0.39, 0.29) is 0 Å². The number of benzene rings is 2. The first-order valence-corrected chi connectivity index (χ1v) is 10.5. The van der Waals surface area contributed by atoms with Crippen LogP contribution in [0.2, 0.25) is 0 Å². The molecule has 7 heteroatoms. The van der Waals surface area contributed by atoms with Crippen molar-refractivity contribution < 1.29 is 4.74 Å². The van der Waals surface area contributed by atoms with Crippen LogP contribution in [0.1, 0.15) is 30.3 Å². The van der Waals surface area contributed by atoms with Crippen LogP contribution in [0.4, 0.5) is 0 Å². The van der Waals surface area contributed by atoms with E-state index in [1.807, 2.05) is 49.5 Å². The number of hydrogen-bond acceptors (Lipinski definition) is 5. The highest BCUT2D eigenvalue weighted by Crippen LogP contribution is 2.23. The Kier molecular flexibility index (Phi) is 7.06. The molecule has 0 radical (unpaired) electrons. The Labute approximate surface area is 172 Å². The van der Waals surface area contributed by atoms with E-state index in [9.17, 15) is 0 Å². The van der Waals surface area contributed by atoms with Gasteiger partial charge in [0.25, 0.3) is 0 Å². The second kappa shape index (κ2) is 9.71. The smallest absolute Gasteiger partial charge is 0.212 e. The minimum absolute atomic E-state index is 0.728. The van der Waals surface area contributed by atoms with Gasteiger partial charge in [-0.2, -0.15) is 9.78 Å². The van der Waals surface area contributed by atoms with Gasteiger partial charge in [-0.1, -0.05) is 46.7 Å². The van der Waals surface area contributed by atoms with Gasteiger partial charge in [0.05, 0.1) is 12.8 Å². The van der Waals surface area contributed by atoms with Gasteiger partial charge in [-0.05, 0) is 60.9 Å². The highest BCUT2D eigenvalue weighted by Gasteiger charge is 2.08. The molecule has 0 saturated carbocycles. The summed E-state index contributed by atoms with van der Waals surface area (Å²) in [5.74, 6) is 2.44. The summed E-state index contributed by atoms with van der Waals surface area (Å²) in [4.78, 5) is 0. The van der Waals surface area contributed by atoms with Crippen molar-refractivity contribution in [3.8, 4) is 5.75 Å². The summed E-state index contributed by atoms with van der Waals surface area (Å²) in [5.41, 5.74) is 2.22. The van der Waals surface area contributed by atoms with Crippen molar-refractivity contribution in [2.45, 2.75) is 31.2 Å². The third kappa shape index (κ3) is 5.68. The molecule has 0 bridgehead atoms. The lowest BCUT2D eigenvalue weighted by molar-refractivity contribution is 0.317. The number of hydrogen-bond donors (Lipinski definition) is 0. The van der Waals surface area contributed by atoms with Gasteiger partial charge in [-0.15, -0.1) is 10.2 Å². The molecule has 5 nitrogen and oxygen atoms in total. The van der Waals surface area contributed by atoms with Crippen LogP contribution in [0.3, 0.4) is 0 Å². The zero-order chi connectivity index (χ0) is 19.1. The number of nitrogens with zero attached hydrogens (tertiary/aromatic N) is 4. The van der Waals surface area contributed by atoms with E-state index in [1.54, 1.807) is 16.4 Å². The molecule has 0 aliphatic carbocycles. The lowest BCUT2D eigenvalue weighted by Crippen LogP contribution is -1.97. The van der Waals surface area contributed by atoms with E-state index in [4.69, 9.17) is 4.74 Å². The lowest BCUT2D eigenvalue weighted by Gasteiger charge is -2.04. The van der Waals surface area contributed by atoms with Gasteiger partial charge in [0.15, 0.2) is 5.82 Å². The number of aryl methyl sites for hydroxylation is 1. The van der Waals surface area contributed by atoms with Gasteiger partial charge < -0.3 is 4.74 Å². The van der Waals surface area contributed by atoms with Crippen LogP contribution in [0.15, 0.2) is 63.3 Å². The van der Waals surface area contributed by atoms with E-state index >= 15 is 0 Å². The maximum atomic E-state index is 5.60. The molecule has 140 valence electrons. The Bertz CT molecular complexity index is 891. The maximum absolute atomic E-state index is 5.60. The van der Waals surface area contributed by atoms with E-state index in [2.05, 4.69) is 50.3 Å². The van der Waals surface area contributed by atoms with Crippen molar-refractivity contribution in [2.24, 2.45) is 5.10 Å². The summed E-state index contributed by atoms with van der Waals surface area (Å²) in [6.07, 6.45) is 2.81. The molecule has 3 aromatic rings. The van der Waals surface area contributed by atoms with Crippen LogP contribution in [0, 0.1) is 6.92 Å². The van der Waals surface area contributed by atoms with Crippen LogP contribution in [-0.4, -0.2) is 27.7 Å². The molecule has 0 aliphatic heterocycles. The molecule has 2 aromatic carbocycles. The molecule has 3 rings (SSSR count). The second-order valence-electron chi connectivity index (χ2n) is 5.92. The molecule has 0 fully saturated rings. The van der Waals surface area contributed by atoms with Gasteiger partial charge >= 0.3 is 0 Å². The minimum Gasteiger partial charge on any atom is -0.494 e. The quantitative estimate of drug-likeness (QED) is 0.348. The molecule has 0 atom stereocenters. The first kappa shape index (κ1) is 19.6. The fourth-order valence-corrected chi connectivity index (χ4v) is 3.44. The van der Waals surface area contributed by atoms with Crippen LogP contribution < -0.4 is 4.74 Å². The summed E-state index contributed by atoms with van der Waals surface area (Å²) in [6, 6.07) is 16.2. The Morgan fingerprint density at radius 1 is 1.11 bits per heavy atom. The number of rotatable bonds is 8. The Balaban J connectivity index is 1.66. The first-order valence-electron chi connectivity index (χ1n) is 8.72. The summed E-state index contributed by atoms with van der Waals surface area (Å²) in [6.45, 7) is 4.72. The molecule has 0 saturated heterocycles. The normalized spacial score (nSPS) is 11.2. The Hall–Kier alpha value is -2.12. The average Bonchev–Trinajstić information content (AvgIpc) is 3.04. The molecule has 0 N–H and O–H groups in total. The van der Waals surface area contributed by atoms with Crippen LogP contribution in [-0.2, 0) is 5.75 Å². The first-order chi connectivity index (χ1) is 13.2. The van der Waals surface area contributed by atoms with E-state index < -0.39 is 0 Å². The molecule has 0 aliphatic rings. The molecular formula is C20H21BrN4OS. The lowest BCUT2D eigenvalue weighted by atomic mass is 10.2. The minimum atomic E-state index is 0.728. The second-order valence-corrected chi connectivity index (χ2v) is 7.78. The van der Waals surface area contributed by atoms with Crippen molar-refractivity contribution in [1.82, 2.24) is 14.9 Å². The monoisotopic (exact) mass is 444 g/mol. The van der Waals surface area contributed by atoms with E-state index in [1.165, 1.54) is 5.56 Å². The van der Waals surface area contributed by atoms with Gasteiger partial charge in [0, 0.05) is 10.2 Å². The van der Waals surface area contributed by atoms with Gasteiger partial charge in [0.1, 0.15) is 5.75 Å². The third-order valence-corrected chi connectivity index (χ3v) is 5.24. The number of aromatic nitrogens is 3. The van der Waals surface area contributed by atoms with Crippen LogP contribution >= 0.6 is 27.7 Å². The number of thioether (sulfide) groups is 1. The zero-order valence-corrected chi connectivity index (χ0v) is 17.7. The highest BCUT2D eigenvalue weighted by molar-refractivity contribution is 9.10. The molecular weight excluding hydrogens is 424 g/mol. The van der Waals surface area contributed by atoms with Crippen molar-refractivity contribution in [3.63, 3.8) is 0 Å². The van der Waals surface area contributed by atoms with E-state index in [0.29, 0.717) is 0 Å². The standard InChI is InChI=1S/C20H21BrN4OS/c1-3-12-26-19-10-6-16(7-11-19)13-22-25-15(2)23-24-20(25)27-14-17-4-8-18(21)9-5-17/h4-11,13H,3,12,14H2,1-2H3/b22-13+. The van der Waals surface area contributed by atoms with Crippen molar-refractivity contribution in [1.29, 1.82) is 0 Å². The van der Waals surface area contributed by atoms with Gasteiger partial charge in [0.2, 0.25) is 5.16 Å². The van der Waals surface area contributed by atoms with E-state index in [0.717, 1.165) is 45.5 Å². The summed E-state index contributed by atoms with van der Waals surface area (Å²) < 4.78 is 8.45. The maximum Gasteiger partial charge on any atom is 0.212 e. The predicted octanol–water partition coefficient (Wildman–Crippen LogP) is 5.31. The fraction of sp³-hybridized carbons (Fsp3) is 0.250. The average molecular weight is 445 g/mol. The molecule has 27 heavy (non-hydrogen) atoms. The fourth-order valence-electron chi connectivity index (χ4n) is 2.28. The Morgan fingerprint density at radius 2 is 1.85 bits per heavy atom. The third-order valence-electron chi connectivity index (χ3n) is 3.72. The number of halogens is 1. The molecule has 0 unspecified atom stereocenters. The van der Waals surface area contributed by atoms with Crippen LogP contribution in [0.25, 0.3) is 0 Å². The molecule has 0 spiro atoms. The zero-order valence-electron chi connectivity index (χ0n) is 15.3. The molecule has 1 aromatic heterocycles. The van der Waals surface area contributed by atoms with Crippen molar-refractivity contribution in [2.75, 3.05) is 6.61 Å². The molecule has 0 amide bonds. The topological polar surface area (TPSA) is 52.3 Å². The summed E-state index contributed by atoms with van der Waals surface area (Å²) in [5, 5.41) is 13.7. The van der Waals surface area contributed by atoms with Gasteiger partial charge in [-0.25, -0.2) is 0 Å². The summed E-state index contributed by atoms with van der Waals surface area (Å²) >= 11 is 5.07. The summed E-state index contributed by atoms with van der Waals surface area (Å²) in [7, 11) is 0.